The summed E-state index contributed by atoms with van der Waals surface area (Å²) >= 11 is 6.62. The maximum atomic E-state index is 15.1. The van der Waals surface area contributed by atoms with Gasteiger partial charge in [0.25, 0.3) is 0 Å². The standard InChI is InChI=1S/C20H21ClFN3O3/c1-3-24-9-13(20(27)28)19(26)11-6-14(22)18(16(21)17(11)24)25-7-10-4-5-15(23-2)12(10)8-25/h6,9,15,23H,3-5,7-8H2,1-2H3,(H,27,28). The number of benzene rings is 1. The molecule has 8 heteroatoms. The highest BCUT2D eigenvalue weighted by Gasteiger charge is 2.34. The first kappa shape index (κ1) is 19.0. The number of hydrogen-bond donors (Lipinski definition) is 2. The molecule has 1 aliphatic heterocycles. The highest BCUT2D eigenvalue weighted by atomic mass is 35.5. The van der Waals surface area contributed by atoms with E-state index < -0.39 is 22.8 Å². The average Bonchev–Trinajstić information content (AvgIpc) is 3.22. The van der Waals surface area contributed by atoms with Crippen LogP contribution in [0.4, 0.5) is 10.1 Å². The number of carboxylic acids is 1. The fourth-order valence-electron chi connectivity index (χ4n) is 4.44. The van der Waals surface area contributed by atoms with E-state index in [-0.39, 0.29) is 16.1 Å². The van der Waals surface area contributed by atoms with E-state index in [2.05, 4.69) is 5.32 Å². The van der Waals surface area contributed by atoms with Crippen molar-refractivity contribution in [2.75, 3.05) is 25.0 Å². The molecule has 2 aliphatic rings. The van der Waals surface area contributed by atoms with Gasteiger partial charge in [-0.2, -0.15) is 0 Å². The summed E-state index contributed by atoms with van der Waals surface area (Å²) in [6.07, 6.45) is 3.31. The number of likely N-dealkylation sites (N-methyl/N-ethyl adjacent to an activating group) is 1. The number of fused-ring (bicyclic) bond motifs is 1. The van der Waals surface area contributed by atoms with Crippen LogP contribution in [-0.4, -0.2) is 41.8 Å². The number of nitrogens with one attached hydrogen (secondary N) is 1. The molecule has 2 N–H and O–H groups in total. The van der Waals surface area contributed by atoms with Gasteiger partial charge >= 0.3 is 5.97 Å². The molecule has 1 aromatic carbocycles. The minimum atomic E-state index is -1.34. The van der Waals surface area contributed by atoms with Crippen LogP contribution in [0.1, 0.15) is 30.1 Å². The van der Waals surface area contributed by atoms with E-state index in [1.807, 2.05) is 18.9 Å². The van der Waals surface area contributed by atoms with Crippen molar-refractivity contribution in [1.29, 1.82) is 0 Å². The van der Waals surface area contributed by atoms with Crippen LogP contribution >= 0.6 is 11.6 Å². The summed E-state index contributed by atoms with van der Waals surface area (Å²) in [5, 5.41) is 12.7. The van der Waals surface area contributed by atoms with Gasteiger partial charge in [-0.25, -0.2) is 9.18 Å². The van der Waals surface area contributed by atoms with Gasteiger partial charge in [0, 0.05) is 31.9 Å². The molecule has 2 aromatic rings. The number of pyridine rings is 1. The molecule has 0 bridgehead atoms. The van der Waals surface area contributed by atoms with Crippen LogP contribution in [0.25, 0.3) is 10.9 Å². The number of aryl methyl sites for hydroxylation is 1. The van der Waals surface area contributed by atoms with E-state index >= 15 is 4.39 Å². The predicted molar refractivity (Wildman–Crippen MR) is 107 cm³/mol. The second kappa shape index (κ2) is 6.90. The Morgan fingerprint density at radius 2 is 2.18 bits per heavy atom. The Kier molecular flexibility index (Phi) is 4.67. The van der Waals surface area contributed by atoms with Gasteiger partial charge < -0.3 is 19.9 Å². The van der Waals surface area contributed by atoms with Gasteiger partial charge in [0.05, 0.1) is 21.6 Å². The molecule has 1 aromatic heterocycles. The van der Waals surface area contributed by atoms with Crippen LogP contribution in [0.15, 0.2) is 28.2 Å². The molecular formula is C20H21ClFN3O3. The summed E-state index contributed by atoms with van der Waals surface area (Å²) in [5.41, 5.74) is 2.11. The minimum absolute atomic E-state index is 0.0131. The number of nitrogens with zero attached hydrogens (tertiary/aromatic N) is 2. The van der Waals surface area contributed by atoms with Crippen LogP contribution < -0.4 is 15.6 Å². The van der Waals surface area contributed by atoms with E-state index in [4.69, 9.17) is 11.6 Å². The van der Waals surface area contributed by atoms with Gasteiger partial charge in [-0.3, -0.25) is 4.79 Å². The van der Waals surface area contributed by atoms with Crippen molar-refractivity contribution in [3.8, 4) is 0 Å². The zero-order valence-electron chi connectivity index (χ0n) is 15.7. The Hall–Kier alpha value is -2.38. The first-order valence-corrected chi connectivity index (χ1v) is 9.66. The van der Waals surface area contributed by atoms with Crippen LogP contribution in [0.5, 0.6) is 0 Å². The zero-order chi connectivity index (χ0) is 20.2. The molecule has 1 unspecified atom stereocenters. The zero-order valence-corrected chi connectivity index (χ0v) is 16.4. The van der Waals surface area contributed by atoms with Crippen molar-refractivity contribution < 1.29 is 14.3 Å². The lowest BCUT2D eigenvalue weighted by Gasteiger charge is -2.25. The molecule has 1 atom stereocenters. The number of carbonyl (C=O) groups is 1. The summed E-state index contributed by atoms with van der Waals surface area (Å²) in [7, 11) is 1.92. The summed E-state index contributed by atoms with van der Waals surface area (Å²) < 4.78 is 16.7. The largest absolute Gasteiger partial charge is 0.477 e. The molecule has 0 radical (unpaired) electrons. The number of halogens is 2. The number of hydrogen-bond acceptors (Lipinski definition) is 4. The molecule has 0 fully saturated rings. The van der Waals surface area contributed by atoms with E-state index in [0.29, 0.717) is 31.2 Å². The van der Waals surface area contributed by atoms with Crippen molar-refractivity contribution in [3.63, 3.8) is 0 Å². The van der Waals surface area contributed by atoms with Crippen LogP contribution in [-0.2, 0) is 6.54 Å². The first-order valence-electron chi connectivity index (χ1n) is 9.28. The quantitative estimate of drug-likeness (QED) is 0.765. The van der Waals surface area contributed by atoms with Gasteiger partial charge in [-0.15, -0.1) is 0 Å². The fraction of sp³-hybridized carbons (Fsp3) is 0.400. The molecule has 0 saturated heterocycles. The number of aromatic nitrogens is 1. The third-order valence-electron chi connectivity index (χ3n) is 5.82. The Balaban J connectivity index is 1.87. The molecule has 148 valence electrons. The van der Waals surface area contributed by atoms with Crippen molar-refractivity contribution >= 4 is 34.2 Å². The van der Waals surface area contributed by atoms with Crippen LogP contribution in [0.2, 0.25) is 5.02 Å². The fourth-order valence-corrected chi connectivity index (χ4v) is 4.86. The maximum absolute atomic E-state index is 15.1. The highest BCUT2D eigenvalue weighted by Crippen LogP contribution is 2.41. The first-order chi connectivity index (χ1) is 13.4. The monoisotopic (exact) mass is 405 g/mol. The van der Waals surface area contributed by atoms with Crippen molar-refractivity contribution in [1.82, 2.24) is 9.88 Å². The van der Waals surface area contributed by atoms with E-state index in [0.717, 1.165) is 18.9 Å². The number of rotatable bonds is 4. The van der Waals surface area contributed by atoms with Gasteiger partial charge in [-0.1, -0.05) is 11.6 Å². The summed E-state index contributed by atoms with van der Waals surface area (Å²) in [6, 6.07) is 1.42. The lowest BCUT2D eigenvalue weighted by Crippen LogP contribution is -2.31. The lowest BCUT2D eigenvalue weighted by molar-refractivity contribution is 0.0695. The second-order valence-electron chi connectivity index (χ2n) is 7.25. The summed E-state index contributed by atoms with van der Waals surface area (Å²) in [4.78, 5) is 25.9. The summed E-state index contributed by atoms with van der Waals surface area (Å²) in [5.74, 6) is -1.95. The van der Waals surface area contributed by atoms with Gasteiger partial charge in [0.2, 0.25) is 5.43 Å². The molecular weight excluding hydrogens is 385 g/mol. The van der Waals surface area contributed by atoms with Crippen LogP contribution in [0.3, 0.4) is 0 Å². The van der Waals surface area contributed by atoms with E-state index in [1.165, 1.54) is 17.3 Å². The number of anilines is 1. The SMILES string of the molecule is CCn1cc(C(=O)O)c(=O)c2cc(F)c(N3CC4=C(C3)C(NC)CC4)c(Cl)c21. The summed E-state index contributed by atoms with van der Waals surface area (Å²) in [6.45, 7) is 3.42. The highest BCUT2D eigenvalue weighted by molar-refractivity contribution is 6.38. The minimum Gasteiger partial charge on any atom is -0.477 e. The number of carboxylic acid groups (broad SMARTS) is 1. The molecule has 28 heavy (non-hydrogen) atoms. The van der Waals surface area contributed by atoms with E-state index in [9.17, 15) is 14.7 Å². The molecule has 4 rings (SSSR count). The third kappa shape index (κ3) is 2.72. The normalized spacial score (nSPS) is 19.0. The molecule has 0 amide bonds. The molecule has 0 saturated carbocycles. The molecule has 1 aliphatic carbocycles. The van der Waals surface area contributed by atoms with Crippen molar-refractivity contribution in [2.24, 2.45) is 0 Å². The van der Waals surface area contributed by atoms with Crippen molar-refractivity contribution in [2.45, 2.75) is 32.4 Å². The van der Waals surface area contributed by atoms with Gasteiger partial charge in [-0.05, 0) is 44.0 Å². The Morgan fingerprint density at radius 3 is 2.82 bits per heavy atom. The molecule has 0 spiro atoms. The topological polar surface area (TPSA) is 74.6 Å². The average molecular weight is 406 g/mol. The predicted octanol–water partition coefficient (Wildman–Crippen LogP) is 3.01. The van der Waals surface area contributed by atoms with Gasteiger partial charge in [0.15, 0.2) is 0 Å². The lowest BCUT2D eigenvalue weighted by atomic mass is 10.1. The van der Waals surface area contributed by atoms with E-state index in [1.54, 1.807) is 4.57 Å². The Bertz CT molecular complexity index is 1090. The molecule has 6 nitrogen and oxygen atoms in total. The third-order valence-corrected chi connectivity index (χ3v) is 6.18. The Morgan fingerprint density at radius 1 is 1.43 bits per heavy atom. The van der Waals surface area contributed by atoms with Gasteiger partial charge in [0.1, 0.15) is 11.4 Å². The maximum Gasteiger partial charge on any atom is 0.341 e. The Labute approximate surface area is 166 Å². The smallest absolute Gasteiger partial charge is 0.341 e. The second-order valence-corrected chi connectivity index (χ2v) is 7.62. The molecule has 2 heterocycles. The number of aromatic carboxylic acids is 1. The van der Waals surface area contributed by atoms with Crippen LogP contribution in [0, 0.1) is 5.82 Å². The van der Waals surface area contributed by atoms with Crippen molar-refractivity contribution in [3.05, 3.63) is 50.0 Å².